The van der Waals surface area contributed by atoms with E-state index in [0.717, 1.165) is 12.8 Å². The van der Waals surface area contributed by atoms with E-state index in [-0.39, 0.29) is 17.2 Å². The van der Waals surface area contributed by atoms with E-state index in [1.807, 2.05) is 6.07 Å². The van der Waals surface area contributed by atoms with Crippen LogP contribution in [0.5, 0.6) is 5.75 Å². The summed E-state index contributed by atoms with van der Waals surface area (Å²) in [5.41, 5.74) is 9.30. The summed E-state index contributed by atoms with van der Waals surface area (Å²) in [5.74, 6) is 0.614. The minimum absolute atomic E-state index is 0.0588. The van der Waals surface area contributed by atoms with Gasteiger partial charge in [0.25, 0.3) is 0 Å². The lowest BCUT2D eigenvalue weighted by molar-refractivity contribution is 0.201. The summed E-state index contributed by atoms with van der Waals surface area (Å²) < 4.78 is 0. The molecule has 1 saturated carbocycles. The predicted molar refractivity (Wildman–Crippen MR) is 80.0 cm³/mol. The third-order valence-corrected chi connectivity index (χ3v) is 5.43. The Balaban J connectivity index is 2.16. The Morgan fingerprint density at radius 2 is 2.15 bits per heavy atom. The van der Waals surface area contributed by atoms with Gasteiger partial charge in [-0.25, -0.2) is 4.85 Å². The number of fused-ring (bicyclic) bond motifs is 4. The first-order valence-electron chi connectivity index (χ1n) is 7.55. The van der Waals surface area contributed by atoms with Crippen molar-refractivity contribution in [3.05, 3.63) is 34.7 Å². The van der Waals surface area contributed by atoms with Crippen LogP contribution in [-0.2, 0) is 11.8 Å². The molecule has 0 spiro atoms. The zero-order chi connectivity index (χ0) is 14.3. The van der Waals surface area contributed by atoms with Crippen molar-refractivity contribution >= 4 is 5.69 Å². The summed E-state index contributed by atoms with van der Waals surface area (Å²) in [4.78, 5) is 3.42. The largest absolute Gasteiger partial charge is 0.519 e. The van der Waals surface area contributed by atoms with E-state index in [9.17, 15) is 5.11 Å². The van der Waals surface area contributed by atoms with Gasteiger partial charge < -0.3 is 10.8 Å². The Labute approximate surface area is 120 Å². The molecule has 3 nitrogen and oxygen atoms in total. The van der Waals surface area contributed by atoms with Crippen molar-refractivity contribution in [3.63, 3.8) is 0 Å². The number of aromatic hydroxyl groups is 1. The van der Waals surface area contributed by atoms with Crippen LogP contribution in [0, 0.1) is 12.5 Å². The first-order valence-corrected chi connectivity index (χ1v) is 7.55. The van der Waals surface area contributed by atoms with E-state index in [0.29, 0.717) is 11.6 Å². The average molecular weight is 270 g/mol. The van der Waals surface area contributed by atoms with Crippen LogP contribution in [0.2, 0.25) is 0 Å². The summed E-state index contributed by atoms with van der Waals surface area (Å²) >= 11 is 0. The van der Waals surface area contributed by atoms with Crippen molar-refractivity contribution in [2.24, 2.45) is 11.7 Å². The third-order valence-electron chi connectivity index (χ3n) is 5.43. The molecular formula is C17H22N2O. The molecule has 0 radical (unpaired) electrons. The van der Waals surface area contributed by atoms with Gasteiger partial charge in [-0.05, 0) is 42.9 Å². The van der Waals surface area contributed by atoms with E-state index in [2.05, 4.69) is 11.8 Å². The number of phenols is 1. The molecular weight excluding hydrogens is 248 g/mol. The molecule has 0 heterocycles. The van der Waals surface area contributed by atoms with Crippen LogP contribution < -0.4 is 5.73 Å². The van der Waals surface area contributed by atoms with Crippen molar-refractivity contribution in [1.82, 2.24) is 0 Å². The van der Waals surface area contributed by atoms with Crippen LogP contribution in [0.4, 0.5) is 5.69 Å². The zero-order valence-electron chi connectivity index (χ0n) is 12.0. The molecule has 3 heteroatoms. The van der Waals surface area contributed by atoms with Gasteiger partial charge in [-0.1, -0.05) is 31.7 Å². The van der Waals surface area contributed by atoms with Gasteiger partial charge in [0.1, 0.15) is 5.75 Å². The van der Waals surface area contributed by atoms with Crippen molar-refractivity contribution in [1.29, 1.82) is 0 Å². The number of phenolic OH excluding ortho intramolecular Hbond substituents is 1. The molecule has 3 N–H and O–H groups in total. The minimum Gasteiger partial charge on any atom is -0.519 e. The highest BCUT2D eigenvalue weighted by Crippen LogP contribution is 2.48. The topological polar surface area (TPSA) is 50.6 Å². The number of hydrogen-bond acceptors (Lipinski definition) is 2. The van der Waals surface area contributed by atoms with Crippen LogP contribution in [0.1, 0.15) is 50.2 Å². The maximum absolute atomic E-state index is 10.0. The minimum atomic E-state index is -0.0588. The molecule has 3 unspecified atom stereocenters. The summed E-state index contributed by atoms with van der Waals surface area (Å²) in [5, 5.41) is 10.0. The van der Waals surface area contributed by atoms with E-state index in [1.165, 1.54) is 36.8 Å². The monoisotopic (exact) mass is 270 g/mol. The molecule has 3 rings (SSSR count). The summed E-state index contributed by atoms with van der Waals surface area (Å²) in [6, 6.07) is 3.85. The highest BCUT2D eigenvalue weighted by atomic mass is 16.3. The molecule has 2 aliphatic carbocycles. The summed E-state index contributed by atoms with van der Waals surface area (Å²) in [6.45, 7) is 9.41. The second-order valence-electron chi connectivity index (χ2n) is 6.62. The van der Waals surface area contributed by atoms with Gasteiger partial charge in [-0.15, -0.1) is 0 Å². The maximum atomic E-state index is 10.0. The molecule has 1 fully saturated rings. The van der Waals surface area contributed by atoms with Gasteiger partial charge in [0.05, 0.1) is 6.57 Å². The van der Waals surface area contributed by atoms with Crippen molar-refractivity contribution in [2.45, 2.75) is 56.9 Å². The highest BCUT2D eigenvalue weighted by Gasteiger charge is 2.44. The van der Waals surface area contributed by atoms with E-state index in [4.69, 9.17) is 12.3 Å². The first kappa shape index (κ1) is 13.5. The lowest BCUT2D eigenvalue weighted by Crippen LogP contribution is -2.52. The summed E-state index contributed by atoms with van der Waals surface area (Å²) in [7, 11) is 0. The molecule has 2 aliphatic rings. The Bertz CT molecular complexity index is 575. The third kappa shape index (κ3) is 1.91. The number of hydrogen-bond donors (Lipinski definition) is 2. The smallest absolute Gasteiger partial charge is 0.228 e. The van der Waals surface area contributed by atoms with Crippen LogP contribution >= 0.6 is 0 Å². The fraction of sp³-hybridized carbons (Fsp3) is 0.588. The molecule has 0 aliphatic heterocycles. The fourth-order valence-electron chi connectivity index (χ4n) is 4.18. The standard InChI is InChI=1S/C17H22N2O/c1-17-7-5-3-4-6-11(16(17)18)8-12-9-14(19-2)15(20)10-13(12)17/h9-11,16,20H,3-8,18H2,1H3. The number of nitrogens with zero attached hydrogens (tertiary/aromatic N) is 1. The molecule has 3 atom stereocenters. The molecule has 106 valence electrons. The molecule has 0 saturated heterocycles. The second-order valence-corrected chi connectivity index (χ2v) is 6.62. The Kier molecular flexibility index (Phi) is 3.22. The SMILES string of the molecule is [C-]#[N+]c1cc2c(cc1O)C1(C)CCCCCC(C2)C1N. The van der Waals surface area contributed by atoms with Crippen molar-refractivity contribution < 1.29 is 5.11 Å². The van der Waals surface area contributed by atoms with Crippen LogP contribution in [0.3, 0.4) is 0 Å². The normalized spacial score (nSPS) is 32.6. The van der Waals surface area contributed by atoms with Gasteiger partial charge in [-0.2, -0.15) is 0 Å². The molecule has 1 aromatic carbocycles. The van der Waals surface area contributed by atoms with Gasteiger partial charge >= 0.3 is 0 Å². The quantitative estimate of drug-likeness (QED) is 0.707. The molecule has 2 bridgehead atoms. The molecule has 0 aromatic heterocycles. The highest BCUT2D eigenvalue weighted by molar-refractivity contribution is 5.62. The first-order chi connectivity index (χ1) is 9.56. The fourth-order valence-corrected chi connectivity index (χ4v) is 4.18. The predicted octanol–water partition coefficient (Wildman–Crippen LogP) is 3.66. The maximum Gasteiger partial charge on any atom is 0.228 e. The van der Waals surface area contributed by atoms with Crippen LogP contribution in [0.15, 0.2) is 12.1 Å². The Morgan fingerprint density at radius 3 is 2.90 bits per heavy atom. The van der Waals surface area contributed by atoms with Gasteiger partial charge in [0.2, 0.25) is 5.69 Å². The zero-order valence-corrected chi connectivity index (χ0v) is 12.0. The van der Waals surface area contributed by atoms with Gasteiger partial charge in [0, 0.05) is 11.5 Å². The number of benzene rings is 1. The Hall–Kier alpha value is -1.53. The number of nitrogens with two attached hydrogens (primary N) is 1. The summed E-state index contributed by atoms with van der Waals surface area (Å²) in [6.07, 6.45) is 6.95. The van der Waals surface area contributed by atoms with E-state index in [1.54, 1.807) is 6.07 Å². The van der Waals surface area contributed by atoms with Crippen LogP contribution in [0.25, 0.3) is 4.85 Å². The van der Waals surface area contributed by atoms with Crippen molar-refractivity contribution in [2.75, 3.05) is 0 Å². The number of rotatable bonds is 0. The lowest BCUT2D eigenvalue weighted by atomic mass is 9.60. The van der Waals surface area contributed by atoms with Crippen LogP contribution in [-0.4, -0.2) is 11.1 Å². The second kappa shape index (κ2) is 4.79. The molecule has 0 amide bonds. The average Bonchev–Trinajstić information content (AvgIpc) is 2.43. The van der Waals surface area contributed by atoms with Crippen molar-refractivity contribution in [3.8, 4) is 5.75 Å². The Morgan fingerprint density at radius 1 is 1.35 bits per heavy atom. The van der Waals surface area contributed by atoms with Gasteiger partial charge in [-0.3, -0.25) is 0 Å². The molecule has 20 heavy (non-hydrogen) atoms. The molecule has 1 aromatic rings. The lowest BCUT2D eigenvalue weighted by Gasteiger charge is -2.47. The van der Waals surface area contributed by atoms with E-state index < -0.39 is 0 Å². The van der Waals surface area contributed by atoms with E-state index >= 15 is 0 Å². The van der Waals surface area contributed by atoms with Gasteiger partial charge in [0.15, 0.2) is 0 Å².